The maximum absolute atomic E-state index is 12.5. The molecule has 0 bridgehead atoms. The third-order valence-electron chi connectivity index (χ3n) is 4.89. The fourth-order valence-corrected chi connectivity index (χ4v) is 3.82. The second-order valence-electron chi connectivity index (χ2n) is 6.93. The number of rotatable bonds is 5. The molecule has 144 valence electrons. The fraction of sp³-hybridized carbons (Fsp3) is 0.350. The van der Waals surface area contributed by atoms with Gasteiger partial charge in [0.05, 0.1) is 11.9 Å². The molecule has 1 fully saturated rings. The van der Waals surface area contributed by atoms with Crippen molar-refractivity contribution in [3.05, 3.63) is 53.6 Å². The highest BCUT2D eigenvalue weighted by Crippen LogP contribution is 2.24. The van der Waals surface area contributed by atoms with Crippen LogP contribution in [-0.2, 0) is 10.0 Å². The minimum absolute atomic E-state index is 0.222. The van der Waals surface area contributed by atoms with Crippen molar-refractivity contribution in [2.75, 3.05) is 40.9 Å². The summed E-state index contributed by atoms with van der Waals surface area (Å²) in [5.41, 5.74) is 3.68. The molecule has 0 saturated carbocycles. The maximum atomic E-state index is 12.5. The minimum atomic E-state index is -3.34. The van der Waals surface area contributed by atoms with Crippen molar-refractivity contribution in [3.63, 3.8) is 0 Å². The Bertz CT molecular complexity index is 933. The van der Waals surface area contributed by atoms with Gasteiger partial charge in [0.1, 0.15) is 0 Å². The molecule has 0 spiro atoms. The number of aryl methyl sites for hydroxylation is 1. The van der Waals surface area contributed by atoms with Crippen molar-refractivity contribution < 1.29 is 13.2 Å². The largest absolute Gasteiger partial charge is 0.372 e. The van der Waals surface area contributed by atoms with Gasteiger partial charge >= 0.3 is 0 Å². The zero-order valence-electron chi connectivity index (χ0n) is 15.9. The molecular weight excluding hydrogens is 362 g/mol. The number of sulfonamides is 1. The molecule has 0 aliphatic carbocycles. The van der Waals surface area contributed by atoms with Crippen molar-refractivity contribution in [1.29, 1.82) is 0 Å². The lowest BCUT2D eigenvalue weighted by Crippen LogP contribution is -2.25. The van der Waals surface area contributed by atoms with Gasteiger partial charge in [0.2, 0.25) is 10.0 Å². The lowest BCUT2D eigenvalue weighted by molar-refractivity contribution is 0.102. The molecule has 1 saturated heterocycles. The molecule has 2 aromatic rings. The molecule has 1 aliphatic heterocycles. The smallest absolute Gasteiger partial charge is 0.255 e. The summed E-state index contributed by atoms with van der Waals surface area (Å²) in [4.78, 5) is 14.9. The first-order valence-electron chi connectivity index (χ1n) is 8.96. The van der Waals surface area contributed by atoms with E-state index in [1.807, 2.05) is 24.3 Å². The highest BCUT2D eigenvalue weighted by molar-refractivity contribution is 7.92. The van der Waals surface area contributed by atoms with Crippen LogP contribution in [0.25, 0.3) is 0 Å². The number of nitrogens with one attached hydrogen (secondary N) is 1. The maximum Gasteiger partial charge on any atom is 0.255 e. The lowest BCUT2D eigenvalue weighted by atomic mass is 10.1. The van der Waals surface area contributed by atoms with Crippen molar-refractivity contribution in [3.8, 4) is 0 Å². The highest BCUT2D eigenvalue weighted by atomic mass is 32.2. The zero-order valence-corrected chi connectivity index (χ0v) is 16.7. The van der Waals surface area contributed by atoms with Crippen LogP contribution in [0.5, 0.6) is 0 Å². The third-order valence-corrected chi connectivity index (χ3v) is 6.08. The van der Waals surface area contributed by atoms with E-state index in [0.717, 1.165) is 30.6 Å². The Hall–Kier alpha value is -2.54. The molecule has 0 radical (unpaired) electrons. The van der Waals surface area contributed by atoms with Gasteiger partial charge in [-0.25, -0.2) is 8.42 Å². The lowest BCUT2D eigenvalue weighted by Gasteiger charge is -2.19. The van der Waals surface area contributed by atoms with Crippen LogP contribution in [-0.4, -0.2) is 40.7 Å². The summed E-state index contributed by atoms with van der Waals surface area (Å²) in [6, 6.07) is 12.9. The van der Waals surface area contributed by atoms with Crippen molar-refractivity contribution >= 4 is 33.0 Å². The predicted molar refractivity (Wildman–Crippen MR) is 110 cm³/mol. The number of benzene rings is 2. The third kappa shape index (κ3) is 4.42. The Morgan fingerprint density at radius 3 is 2.26 bits per heavy atom. The van der Waals surface area contributed by atoms with Crippen LogP contribution in [0.2, 0.25) is 0 Å². The molecule has 1 amide bonds. The van der Waals surface area contributed by atoms with E-state index < -0.39 is 10.0 Å². The molecule has 7 heteroatoms. The summed E-state index contributed by atoms with van der Waals surface area (Å²) in [6.45, 7) is 3.96. The zero-order chi connectivity index (χ0) is 19.6. The van der Waals surface area contributed by atoms with E-state index in [9.17, 15) is 13.2 Å². The van der Waals surface area contributed by atoms with Gasteiger partial charge in [0.15, 0.2) is 0 Å². The van der Waals surface area contributed by atoms with Crippen LogP contribution in [0, 0.1) is 6.92 Å². The first-order chi connectivity index (χ1) is 12.8. The van der Waals surface area contributed by atoms with Crippen molar-refractivity contribution in [1.82, 2.24) is 0 Å². The molecule has 2 aromatic carbocycles. The normalized spacial score (nSPS) is 14.3. The monoisotopic (exact) mass is 387 g/mol. The highest BCUT2D eigenvalue weighted by Gasteiger charge is 2.16. The van der Waals surface area contributed by atoms with Crippen LogP contribution in [0.1, 0.15) is 28.8 Å². The molecule has 6 nitrogen and oxygen atoms in total. The van der Waals surface area contributed by atoms with Gasteiger partial charge in [-0.1, -0.05) is 0 Å². The Morgan fingerprint density at radius 2 is 1.70 bits per heavy atom. The van der Waals surface area contributed by atoms with E-state index in [1.165, 1.54) is 29.9 Å². The van der Waals surface area contributed by atoms with Gasteiger partial charge in [0, 0.05) is 37.1 Å². The summed E-state index contributed by atoms with van der Waals surface area (Å²) in [5, 5.41) is 2.89. The summed E-state index contributed by atoms with van der Waals surface area (Å²) in [6.07, 6.45) is 3.60. The van der Waals surface area contributed by atoms with E-state index in [2.05, 4.69) is 10.2 Å². The molecule has 1 aliphatic rings. The molecule has 0 aromatic heterocycles. The quantitative estimate of drug-likeness (QED) is 0.855. The van der Waals surface area contributed by atoms with Crippen LogP contribution < -0.4 is 14.5 Å². The molecule has 1 heterocycles. The topological polar surface area (TPSA) is 69.7 Å². The van der Waals surface area contributed by atoms with E-state index in [-0.39, 0.29) is 5.91 Å². The van der Waals surface area contributed by atoms with Crippen molar-refractivity contribution in [2.45, 2.75) is 19.8 Å². The number of nitrogens with zero attached hydrogens (tertiary/aromatic N) is 2. The predicted octanol–water partition coefficient (Wildman–Crippen LogP) is 3.24. The molecule has 0 atom stereocenters. The van der Waals surface area contributed by atoms with E-state index in [1.54, 1.807) is 25.1 Å². The van der Waals surface area contributed by atoms with Crippen molar-refractivity contribution in [2.24, 2.45) is 0 Å². The van der Waals surface area contributed by atoms with Gasteiger partial charge in [-0.3, -0.25) is 9.10 Å². The number of hydrogen-bond acceptors (Lipinski definition) is 4. The SMILES string of the molecule is Cc1cc(C(=O)Nc2ccc(N3CCCC3)cc2)ccc1N(C)S(C)(=O)=O. The summed E-state index contributed by atoms with van der Waals surface area (Å²) in [7, 11) is -1.84. The molecule has 3 rings (SSSR count). The average molecular weight is 388 g/mol. The number of hydrogen-bond donors (Lipinski definition) is 1. The Kier molecular flexibility index (Phi) is 5.41. The van der Waals surface area contributed by atoms with Crippen LogP contribution in [0.15, 0.2) is 42.5 Å². The van der Waals surface area contributed by atoms with Crippen LogP contribution in [0.3, 0.4) is 0 Å². The summed E-state index contributed by atoms with van der Waals surface area (Å²) in [5.74, 6) is -0.222. The number of anilines is 3. The van der Waals surface area contributed by atoms with E-state index >= 15 is 0 Å². The Morgan fingerprint density at radius 1 is 1.07 bits per heavy atom. The van der Waals surface area contributed by atoms with E-state index in [0.29, 0.717) is 11.3 Å². The fourth-order valence-electron chi connectivity index (χ4n) is 3.26. The minimum Gasteiger partial charge on any atom is -0.372 e. The second-order valence-corrected chi connectivity index (χ2v) is 8.94. The van der Waals surface area contributed by atoms with Crippen LogP contribution in [0.4, 0.5) is 17.1 Å². The summed E-state index contributed by atoms with van der Waals surface area (Å²) >= 11 is 0. The molecule has 1 N–H and O–H groups in total. The summed E-state index contributed by atoms with van der Waals surface area (Å²) < 4.78 is 24.6. The first kappa shape index (κ1) is 19.2. The van der Waals surface area contributed by atoms with Gasteiger partial charge < -0.3 is 10.2 Å². The van der Waals surface area contributed by atoms with Gasteiger partial charge in [-0.05, 0) is 67.8 Å². The average Bonchev–Trinajstić information content (AvgIpc) is 3.15. The standard InChI is InChI=1S/C20H25N3O3S/c1-15-14-16(6-11-19(15)22(2)27(3,25)26)20(24)21-17-7-9-18(10-8-17)23-12-4-5-13-23/h6-11,14H,4-5,12-13H2,1-3H3,(H,21,24). The molecule has 0 unspecified atom stereocenters. The second kappa shape index (κ2) is 7.60. The van der Waals surface area contributed by atoms with Gasteiger partial charge in [-0.2, -0.15) is 0 Å². The molecular formula is C20H25N3O3S. The van der Waals surface area contributed by atoms with E-state index in [4.69, 9.17) is 0 Å². The Labute approximate surface area is 160 Å². The Balaban J connectivity index is 1.71. The number of carbonyl (C=O) groups excluding carboxylic acids is 1. The van der Waals surface area contributed by atoms with Crippen LogP contribution >= 0.6 is 0 Å². The number of carbonyl (C=O) groups is 1. The van der Waals surface area contributed by atoms with Gasteiger partial charge in [-0.15, -0.1) is 0 Å². The number of amides is 1. The van der Waals surface area contributed by atoms with Gasteiger partial charge in [0.25, 0.3) is 5.91 Å². The first-order valence-corrected chi connectivity index (χ1v) is 10.8. The molecule has 27 heavy (non-hydrogen) atoms.